The Balaban J connectivity index is 2.00. The van der Waals surface area contributed by atoms with E-state index in [1.807, 2.05) is 0 Å². The van der Waals surface area contributed by atoms with Crippen LogP contribution in [0.1, 0.15) is 31.2 Å². The van der Waals surface area contributed by atoms with Crippen molar-refractivity contribution < 1.29 is 14.0 Å². The molecule has 0 saturated carbocycles. The summed E-state index contributed by atoms with van der Waals surface area (Å²) in [7, 11) is 0. The molecular weight excluding hydrogens is 259 g/mol. The molecular formula is C15H19FN2O2. The smallest absolute Gasteiger partial charge is 0.229 e. The number of carbonyl (C=O) groups excluding carboxylic acids is 2. The van der Waals surface area contributed by atoms with Crippen LogP contribution in [0.5, 0.6) is 0 Å². The maximum Gasteiger partial charge on any atom is 0.229 e. The third-order valence-electron chi connectivity index (χ3n) is 3.93. The summed E-state index contributed by atoms with van der Waals surface area (Å²) in [6, 6.07) is 6.10. The summed E-state index contributed by atoms with van der Waals surface area (Å²) in [5.74, 6) is -1.18. The van der Waals surface area contributed by atoms with Gasteiger partial charge in [0.1, 0.15) is 5.82 Å². The van der Waals surface area contributed by atoms with Gasteiger partial charge in [-0.1, -0.05) is 12.1 Å². The van der Waals surface area contributed by atoms with Gasteiger partial charge in [-0.05, 0) is 37.5 Å². The van der Waals surface area contributed by atoms with Crippen molar-refractivity contribution in [3.05, 3.63) is 35.6 Å². The monoisotopic (exact) mass is 278 g/mol. The first-order valence-corrected chi connectivity index (χ1v) is 6.82. The molecule has 1 aromatic rings. The van der Waals surface area contributed by atoms with E-state index in [1.54, 1.807) is 24.0 Å². The van der Waals surface area contributed by atoms with Gasteiger partial charge >= 0.3 is 0 Å². The molecule has 0 bridgehead atoms. The Morgan fingerprint density at radius 3 is 2.55 bits per heavy atom. The van der Waals surface area contributed by atoms with Gasteiger partial charge in [0, 0.05) is 19.0 Å². The SMILES string of the molecule is CC(C(=O)N1CCC(C(N)=O)CC1)c1cccc(F)c1. The molecule has 0 spiro atoms. The summed E-state index contributed by atoms with van der Waals surface area (Å²) in [6.45, 7) is 2.84. The topological polar surface area (TPSA) is 63.4 Å². The quantitative estimate of drug-likeness (QED) is 0.913. The van der Waals surface area contributed by atoms with Crippen molar-refractivity contribution in [3.8, 4) is 0 Å². The molecule has 5 heteroatoms. The molecule has 1 heterocycles. The van der Waals surface area contributed by atoms with E-state index in [0.29, 0.717) is 31.5 Å². The van der Waals surface area contributed by atoms with Gasteiger partial charge in [0.2, 0.25) is 11.8 Å². The average Bonchev–Trinajstić information content (AvgIpc) is 2.46. The van der Waals surface area contributed by atoms with Crippen LogP contribution in [-0.2, 0) is 9.59 Å². The van der Waals surface area contributed by atoms with Crippen molar-refractivity contribution in [2.45, 2.75) is 25.7 Å². The minimum atomic E-state index is -0.379. The van der Waals surface area contributed by atoms with Crippen molar-refractivity contribution in [1.29, 1.82) is 0 Å². The Morgan fingerprint density at radius 2 is 2.00 bits per heavy atom. The molecule has 2 amide bonds. The van der Waals surface area contributed by atoms with Crippen LogP contribution >= 0.6 is 0 Å². The maximum absolute atomic E-state index is 13.2. The number of halogens is 1. The fourth-order valence-electron chi connectivity index (χ4n) is 2.58. The molecule has 2 rings (SSSR count). The van der Waals surface area contributed by atoms with Gasteiger partial charge in [0.15, 0.2) is 0 Å². The number of benzene rings is 1. The second-order valence-corrected chi connectivity index (χ2v) is 5.28. The molecule has 0 radical (unpaired) electrons. The Kier molecular flexibility index (Phi) is 4.37. The zero-order chi connectivity index (χ0) is 14.7. The van der Waals surface area contributed by atoms with E-state index < -0.39 is 0 Å². The first-order chi connectivity index (χ1) is 9.49. The number of primary amides is 1. The molecule has 20 heavy (non-hydrogen) atoms. The standard InChI is InChI=1S/C15H19FN2O2/c1-10(12-3-2-4-13(16)9-12)15(20)18-7-5-11(6-8-18)14(17)19/h2-4,9-11H,5-8H2,1H3,(H2,17,19). The van der Waals surface area contributed by atoms with Gasteiger partial charge in [-0.25, -0.2) is 4.39 Å². The highest BCUT2D eigenvalue weighted by atomic mass is 19.1. The molecule has 1 saturated heterocycles. The molecule has 1 unspecified atom stereocenters. The fraction of sp³-hybridized carbons (Fsp3) is 0.467. The minimum absolute atomic E-state index is 0.0291. The summed E-state index contributed by atoms with van der Waals surface area (Å²) < 4.78 is 13.2. The summed E-state index contributed by atoms with van der Waals surface area (Å²) in [4.78, 5) is 25.2. The zero-order valence-electron chi connectivity index (χ0n) is 11.5. The largest absolute Gasteiger partial charge is 0.369 e. The van der Waals surface area contributed by atoms with Crippen LogP contribution in [0, 0.1) is 11.7 Å². The highest BCUT2D eigenvalue weighted by Crippen LogP contribution is 2.23. The van der Waals surface area contributed by atoms with E-state index in [-0.39, 0.29) is 29.5 Å². The van der Waals surface area contributed by atoms with Crippen molar-refractivity contribution in [2.75, 3.05) is 13.1 Å². The van der Waals surface area contributed by atoms with E-state index in [1.165, 1.54) is 12.1 Å². The average molecular weight is 278 g/mol. The normalized spacial score (nSPS) is 17.8. The second kappa shape index (κ2) is 6.03. The maximum atomic E-state index is 13.2. The molecule has 1 atom stereocenters. The zero-order valence-corrected chi connectivity index (χ0v) is 11.5. The van der Waals surface area contributed by atoms with Crippen LogP contribution in [0.4, 0.5) is 4.39 Å². The molecule has 2 N–H and O–H groups in total. The lowest BCUT2D eigenvalue weighted by atomic mass is 9.94. The van der Waals surface area contributed by atoms with E-state index >= 15 is 0 Å². The minimum Gasteiger partial charge on any atom is -0.369 e. The van der Waals surface area contributed by atoms with Crippen LogP contribution in [0.15, 0.2) is 24.3 Å². The van der Waals surface area contributed by atoms with E-state index in [0.717, 1.165) is 0 Å². The third kappa shape index (κ3) is 3.15. The van der Waals surface area contributed by atoms with Gasteiger partial charge in [-0.2, -0.15) is 0 Å². The molecule has 1 aromatic carbocycles. The van der Waals surface area contributed by atoms with E-state index in [4.69, 9.17) is 5.73 Å². The predicted octanol–water partition coefficient (Wildman–Crippen LogP) is 1.65. The summed E-state index contributed by atoms with van der Waals surface area (Å²) in [5.41, 5.74) is 5.95. The number of carbonyl (C=O) groups is 2. The summed E-state index contributed by atoms with van der Waals surface area (Å²) >= 11 is 0. The molecule has 1 aliphatic rings. The van der Waals surface area contributed by atoms with Crippen LogP contribution in [0.2, 0.25) is 0 Å². The van der Waals surface area contributed by atoms with Crippen LogP contribution in [0.3, 0.4) is 0 Å². The van der Waals surface area contributed by atoms with Gasteiger partial charge < -0.3 is 10.6 Å². The number of likely N-dealkylation sites (tertiary alicyclic amines) is 1. The number of nitrogens with two attached hydrogens (primary N) is 1. The highest BCUT2D eigenvalue weighted by molar-refractivity contribution is 5.84. The number of hydrogen-bond acceptors (Lipinski definition) is 2. The lowest BCUT2D eigenvalue weighted by molar-refractivity contribution is -0.135. The lowest BCUT2D eigenvalue weighted by Gasteiger charge is -2.32. The molecule has 0 aliphatic carbocycles. The van der Waals surface area contributed by atoms with E-state index in [9.17, 15) is 14.0 Å². The molecule has 4 nitrogen and oxygen atoms in total. The third-order valence-corrected chi connectivity index (χ3v) is 3.93. The van der Waals surface area contributed by atoms with Gasteiger partial charge in [-0.15, -0.1) is 0 Å². The van der Waals surface area contributed by atoms with Crippen molar-refractivity contribution in [2.24, 2.45) is 11.7 Å². The molecule has 0 aromatic heterocycles. The molecule has 108 valence electrons. The Bertz CT molecular complexity index is 510. The first-order valence-electron chi connectivity index (χ1n) is 6.82. The predicted molar refractivity (Wildman–Crippen MR) is 73.3 cm³/mol. The lowest BCUT2D eigenvalue weighted by Crippen LogP contribution is -2.43. The first kappa shape index (κ1) is 14.5. The van der Waals surface area contributed by atoms with Gasteiger partial charge in [-0.3, -0.25) is 9.59 Å². The van der Waals surface area contributed by atoms with Gasteiger partial charge in [0.25, 0.3) is 0 Å². The Morgan fingerprint density at radius 1 is 1.35 bits per heavy atom. The Hall–Kier alpha value is -1.91. The van der Waals surface area contributed by atoms with E-state index in [2.05, 4.69) is 0 Å². The number of nitrogens with zero attached hydrogens (tertiary/aromatic N) is 1. The molecule has 1 fully saturated rings. The number of piperidine rings is 1. The van der Waals surface area contributed by atoms with Crippen LogP contribution < -0.4 is 5.73 Å². The number of hydrogen-bond donors (Lipinski definition) is 1. The fourth-order valence-corrected chi connectivity index (χ4v) is 2.58. The number of rotatable bonds is 3. The van der Waals surface area contributed by atoms with Gasteiger partial charge in [0.05, 0.1) is 5.92 Å². The van der Waals surface area contributed by atoms with Crippen molar-refractivity contribution in [3.63, 3.8) is 0 Å². The number of amides is 2. The van der Waals surface area contributed by atoms with Crippen LogP contribution in [-0.4, -0.2) is 29.8 Å². The summed E-state index contributed by atoms with van der Waals surface area (Å²) in [6.07, 6.45) is 1.22. The Labute approximate surface area is 117 Å². The second-order valence-electron chi connectivity index (χ2n) is 5.28. The van der Waals surface area contributed by atoms with Crippen LogP contribution in [0.25, 0.3) is 0 Å². The molecule has 1 aliphatic heterocycles. The van der Waals surface area contributed by atoms with Crippen molar-refractivity contribution in [1.82, 2.24) is 4.90 Å². The highest BCUT2D eigenvalue weighted by Gasteiger charge is 2.28. The van der Waals surface area contributed by atoms with Crippen molar-refractivity contribution >= 4 is 11.8 Å². The summed E-state index contributed by atoms with van der Waals surface area (Å²) in [5, 5.41) is 0.